The van der Waals surface area contributed by atoms with Crippen LogP contribution in [-0.2, 0) is 0 Å². The van der Waals surface area contributed by atoms with Crippen LogP contribution in [0.4, 0.5) is 5.69 Å². The van der Waals surface area contributed by atoms with Gasteiger partial charge in [-0.1, -0.05) is 12.8 Å². The van der Waals surface area contributed by atoms with E-state index in [-0.39, 0.29) is 0 Å². The summed E-state index contributed by atoms with van der Waals surface area (Å²) in [5.41, 5.74) is 1.09. The van der Waals surface area contributed by atoms with Crippen molar-refractivity contribution < 1.29 is 4.74 Å². The number of hydrogen-bond donors (Lipinski definition) is 1. The molecule has 0 bridgehead atoms. The van der Waals surface area contributed by atoms with E-state index in [9.17, 15) is 0 Å². The average molecular weight is 234 g/mol. The molecule has 0 saturated heterocycles. The van der Waals surface area contributed by atoms with Crippen molar-refractivity contribution in [3.05, 3.63) is 18.3 Å². The standard InChI is InChI=1S/C14H22N2O/c1-3-17-14-9-8-13(10-15-14)16-11(2)12-6-4-5-7-12/h8-12,16H,3-7H2,1-2H3. The van der Waals surface area contributed by atoms with Gasteiger partial charge in [-0.2, -0.15) is 0 Å². The highest BCUT2D eigenvalue weighted by molar-refractivity contribution is 5.43. The Morgan fingerprint density at radius 1 is 1.41 bits per heavy atom. The normalized spacial score (nSPS) is 18.0. The van der Waals surface area contributed by atoms with Crippen molar-refractivity contribution >= 4 is 5.69 Å². The van der Waals surface area contributed by atoms with Gasteiger partial charge < -0.3 is 10.1 Å². The number of aromatic nitrogens is 1. The minimum atomic E-state index is 0.539. The Morgan fingerprint density at radius 3 is 2.76 bits per heavy atom. The summed E-state index contributed by atoms with van der Waals surface area (Å²) in [5.74, 6) is 1.52. The van der Waals surface area contributed by atoms with E-state index in [1.807, 2.05) is 25.3 Å². The van der Waals surface area contributed by atoms with E-state index < -0.39 is 0 Å². The zero-order chi connectivity index (χ0) is 12.1. The molecular weight excluding hydrogens is 212 g/mol. The van der Waals surface area contributed by atoms with E-state index in [2.05, 4.69) is 17.2 Å². The fourth-order valence-electron chi connectivity index (χ4n) is 2.54. The molecule has 0 radical (unpaired) electrons. The predicted molar refractivity (Wildman–Crippen MR) is 70.4 cm³/mol. The smallest absolute Gasteiger partial charge is 0.213 e. The van der Waals surface area contributed by atoms with Gasteiger partial charge in [-0.3, -0.25) is 0 Å². The van der Waals surface area contributed by atoms with Crippen molar-refractivity contribution in [2.24, 2.45) is 5.92 Å². The van der Waals surface area contributed by atoms with E-state index in [1.165, 1.54) is 25.7 Å². The van der Waals surface area contributed by atoms with Crippen LogP contribution in [0.25, 0.3) is 0 Å². The molecule has 1 aromatic rings. The van der Waals surface area contributed by atoms with Gasteiger partial charge >= 0.3 is 0 Å². The summed E-state index contributed by atoms with van der Waals surface area (Å²) in [6.07, 6.45) is 7.35. The largest absolute Gasteiger partial charge is 0.478 e. The third-order valence-corrected chi connectivity index (χ3v) is 3.53. The van der Waals surface area contributed by atoms with Crippen LogP contribution in [0.15, 0.2) is 18.3 Å². The highest BCUT2D eigenvalue weighted by Gasteiger charge is 2.21. The topological polar surface area (TPSA) is 34.1 Å². The van der Waals surface area contributed by atoms with Crippen LogP contribution < -0.4 is 10.1 Å². The number of rotatable bonds is 5. The van der Waals surface area contributed by atoms with Crippen LogP contribution in [0, 0.1) is 5.92 Å². The fraction of sp³-hybridized carbons (Fsp3) is 0.643. The lowest BCUT2D eigenvalue weighted by Gasteiger charge is -2.21. The molecule has 1 aliphatic rings. The molecule has 3 heteroatoms. The molecule has 1 aliphatic carbocycles. The number of nitrogens with one attached hydrogen (secondary N) is 1. The van der Waals surface area contributed by atoms with Crippen LogP contribution >= 0.6 is 0 Å². The number of pyridine rings is 1. The monoisotopic (exact) mass is 234 g/mol. The summed E-state index contributed by atoms with van der Waals surface area (Å²) in [6.45, 7) is 4.90. The lowest BCUT2D eigenvalue weighted by molar-refractivity contribution is 0.327. The van der Waals surface area contributed by atoms with Crippen LogP contribution in [0.2, 0.25) is 0 Å². The first-order chi connectivity index (χ1) is 8.29. The minimum absolute atomic E-state index is 0.539. The van der Waals surface area contributed by atoms with E-state index in [1.54, 1.807) is 0 Å². The van der Waals surface area contributed by atoms with Crippen LogP contribution in [0.5, 0.6) is 5.88 Å². The van der Waals surface area contributed by atoms with Gasteiger partial charge in [-0.05, 0) is 38.7 Å². The number of ether oxygens (including phenoxy) is 1. The zero-order valence-electron chi connectivity index (χ0n) is 10.8. The van der Waals surface area contributed by atoms with E-state index in [4.69, 9.17) is 4.74 Å². The first kappa shape index (κ1) is 12.2. The SMILES string of the molecule is CCOc1ccc(NC(C)C2CCCC2)cn1. The summed E-state index contributed by atoms with van der Waals surface area (Å²) >= 11 is 0. The summed E-state index contributed by atoms with van der Waals surface area (Å²) in [6, 6.07) is 4.51. The number of nitrogens with zero attached hydrogens (tertiary/aromatic N) is 1. The Hall–Kier alpha value is -1.25. The van der Waals surface area contributed by atoms with Gasteiger partial charge in [-0.25, -0.2) is 4.98 Å². The third kappa shape index (κ3) is 3.35. The van der Waals surface area contributed by atoms with E-state index >= 15 is 0 Å². The van der Waals surface area contributed by atoms with Crippen molar-refractivity contribution in [1.29, 1.82) is 0 Å². The highest BCUT2D eigenvalue weighted by atomic mass is 16.5. The van der Waals surface area contributed by atoms with Gasteiger partial charge in [0.05, 0.1) is 18.5 Å². The van der Waals surface area contributed by atoms with Crippen molar-refractivity contribution in [2.45, 2.75) is 45.6 Å². The summed E-state index contributed by atoms with van der Waals surface area (Å²) < 4.78 is 5.33. The van der Waals surface area contributed by atoms with Crippen molar-refractivity contribution in [3.8, 4) is 5.88 Å². The van der Waals surface area contributed by atoms with Gasteiger partial charge in [-0.15, -0.1) is 0 Å². The summed E-state index contributed by atoms with van der Waals surface area (Å²) in [4.78, 5) is 4.26. The zero-order valence-corrected chi connectivity index (χ0v) is 10.8. The van der Waals surface area contributed by atoms with Gasteiger partial charge in [0, 0.05) is 12.1 Å². The molecule has 1 saturated carbocycles. The maximum atomic E-state index is 5.33. The van der Waals surface area contributed by atoms with E-state index in [0.29, 0.717) is 18.5 Å². The lowest BCUT2D eigenvalue weighted by Crippen LogP contribution is -2.23. The van der Waals surface area contributed by atoms with Gasteiger partial charge in [0.1, 0.15) is 0 Å². The Bertz CT molecular complexity index is 331. The first-order valence-electron chi connectivity index (χ1n) is 6.65. The molecule has 0 aromatic carbocycles. The molecule has 1 aromatic heterocycles. The molecule has 0 aliphatic heterocycles. The summed E-state index contributed by atoms with van der Waals surface area (Å²) in [7, 11) is 0. The molecule has 1 heterocycles. The number of hydrogen-bond acceptors (Lipinski definition) is 3. The third-order valence-electron chi connectivity index (χ3n) is 3.53. The Labute approximate surface area is 104 Å². The Morgan fingerprint density at radius 2 is 2.18 bits per heavy atom. The van der Waals surface area contributed by atoms with Crippen molar-refractivity contribution in [2.75, 3.05) is 11.9 Å². The quantitative estimate of drug-likeness (QED) is 0.847. The van der Waals surface area contributed by atoms with E-state index in [0.717, 1.165) is 11.6 Å². The number of anilines is 1. The molecule has 1 N–H and O–H groups in total. The Kier molecular flexibility index (Phi) is 4.24. The van der Waals surface area contributed by atoms with Crippen LogP contribution in [-0.4, -0.2) is 17.6 Å². The molecular formula is C14H22N2O. The second-order valence-electron chi connectivity index (χ2n) is 4.80. The summed E-state index contributed by atoms with van der Waals surface area (Å²) in [5, 5.41) is 3.54. The Balaban J connectivity index is 1.89. The average Bonchev–Trinajstić information content (AvgIpc) is 2.86. The first-order valence-corrected chi connectivity index (χ1v) is 6.65. The predicted octanol–water partition coefficient (Wildman–Crippen LogP) is 3.47. The molecule has 1 unspecified atom stereocenters. The maximum Gasteiger partial charge on any atom is 0.213 e. The molecule has 1 atom stereocenters. The van der Waals surface area contributed by atoms with Gasteiger partial charge in [0.15, 0.2) is 0 Å². The van der Waals surface area contributed by atoms with Crippen LogP contribution in [0.3, 0.4) is 0 Å². The second-order valence-corrected chi connectivity index (χ2v) is 4.80. The molecule has 3 nitrogen and oxygen atoms in total. The molecule has 0 amide bonds. The minimum Gasteiger partial charge on any atom is -0.478 e. The second kappa shape index (κ2) is 5.89. The van der Waals surface area contributed by atoms with Gasteiger partial charge in [0.25, 0.3) is 0 Å². The fourth-order valence-corrected chi connectivity index (χ4v) is 2.54. The maximum absolute atomic E-state index is 5.33. The molecule has 94 valence electrons. The highest BCUT2D eigenvalue weighted by Crippen LogP contribution is 2.29. The van der Waals surface area contributed by atoms with Crippen molar-refractivity contribution in [1.82, 2.24) is 4.98 Å². The molecule has 0 spiro atoms. The van der Waals surface area contributed by atoms with Crippen molar-refractivity contribution in [3.63, 3.8) is 0 Å². The molecule has 17 heavy (non-hydrogen) atoms. The molecule has 1 fully saturated rings. The lowest BCUT2D eigenvalue weighted by atomic mass is 10.00. The molecule has 2 rings (SSSR count). The van der Waals surface area contributed by atoms with Crippen LogP contribution in [0.1, 0.15) is 39.5 Å². The van der Waals surface area contributed by atoms with Gasteiger partial charge in [0.2, 0.25) is 5.88 Å².